The predicted octanol–water partition coefficient (Wildman–Crippen LogP) is 2.86. The second-order valence-corrected chi connectivity index (χ2v) is 4.91. The van der Waals surface area contributed by atoms with Gasteiger partial charge in [0, 0.05) is 25.6 Å². The predicted molar refractivity (Wildman–Crippen MR) is 77.6 cm³/mol. The fourth-order valence-corrected chi connectivity index (χ4v) is 2.03. The van der Waals surface area contributed by atoms with E-state index in [0.717, 1.165) is 6.07 Å². The molecule has 6 nitrogen and oxygen atoms in total. The Labute approximate surface area is 134 Å². The number of aromatic nitrogens is 3. The maximum absolute atomic E-state index is 13.8. The van der Waals surface area contributed by atoms with Crippen molar-refractivity contribution in [3.05, 3.63) is 41.0 Å². The van der Waals surface area contributed by atoms with Crippen LogP contribution in [-0.4, -0.2) is 20.8 Å². The minimum absolute atomic E-state index is 0.0522. The molecule has 0 aliphatic heterocycles. The van der Waals surface area contributed by atoms with E-state index in [1.54, 1.807) is 7.05 Å². The van der Waals surface area contributed by atoms with E-state index in [9.17, 15) is 22.4 Å². The highest BCUT2D eigenvalue weighted by Crippen LogP contribution is 2.32. The minimum Gasteiger partial charge on any atom is -0.334 e. The Hall–Kier alpha value is -2.65. The van der Waals surface area contributed by atoms with Gasteiger partial charge in [0.15, 0.2) is 0 Å². The van der Waals surface area contributed by atoms with Gasteiger partial charge in [-0.05, 0) is 6.07 Å². The summed E-state index contributed by atoms with van der Waals surface area (Å²) in [5, 5.41) is 8.55. The number of rotatable bonds is 4. The highest BCUT2D eigenvalue weighted by molar-refractivity contribution is 5.87. The van der Waals surface area contributed by atoms with Crippen LogP contribution in [0.25, 0.3) is 0 Å². The summed E-state index contributed by atoms with van der Waals surface area (Å²) in [6.07, 6.45) is -4.18. The van der Waals surface area contributed by atoms with Gasteiger partial charge in [-0.2, -0.15) is 18.2 Å². The van der Waals surface area contributed by atoms with Crippen molar-refractivity contribution >= 4 is 12.0 Å². The third-order valence-corrected chi connectivity index (χ3v) is 3.22. The van der Waals surface area contributed by atoms with Crippen LogP contribution >= 0.6 is 0 Å². The maximum Gasteiger partial charge on any atom is 0.419 e. The quantitative estimate of drug-likeness (QED) is 0.837. The summed E-state index contributed by atoms with van der Waals surface area (Å²) in [6.45, 7) is 1.46. The molecule has 0 saturated heterocycles. The number of urea groups is 1. The zero-order valence-corrected chi connectivity index (χ0v) is 12.9. The summed E-state index contributed by atoms with van der Waals surface area (Å²) in [5.74, 6) is -0.708. The summed E-state index contributed by atoms with van der Waals surface area (Å²) in [5.41, 5.74) is -1.65. The Kier molecular flexibility index (Phi) is 5.05. The molecular weight excluding hydrogens is 330 g/mol. The van der Waals surface area contributed by atoms with Gasteiger partial charge in [0.05, 0.1) is 5.56 Å². The monoisotopic (exact) mass is 345 g/mol. The molecule has 0 spiro atoms. The first-order valence-electron chi connectivity index (χ1n) is 7.01. The fourth-order valence-electron chi connectivity index (χ4n) is 2.03. The van der Waals surface area contributed by atoms with Gasteiger partial charge in [0.25, 0.3) is 0 Å². The van der Waals surface area contributed by atoms with Crippen LogP contribution in [0.1, 0.15) is 23.9 Å². The molecule has 0 aliphatic rings. The number of anilines is 1. The van der Waals surface area contributed by atoms with Crippen LogP contribution in [0.15, 0.2) is 18.2 Å². The highest BCUT2D eigenvalue weighted by atomic mass is 19.4. The molecule has 0 saturated carbocycles. The standard InChI is InChI=1S/C14H15F4N5O/c1-3-10-20-12(22-23(10)2)21-13(24)19-7-8-5-4-6-9(11(8)15)14(16,17)18/h4-6H,3,7H2,1-2H3,(H2,19,21,22,24). The molecule has 0 bridgehead atoms. The molecule has 2 N–H and O–H groups in total. The molecule has 130 valence electrons. The van der Waals surface area contributed by atoms with E-state index in [2.05, 4.69) is 20.7 Å². The Morgan fingerprint density at radius 1 is 1.33 bits per heavy atom. The zero-order chi connectivity index (χ0) is 17.9. The normalized spacial score (nSPS) is 11.4. The van der Waals surface area contributed by atoms with Gasteiger partial charge in [-0.25, -0.2) is 9.18 Å². The average molecular weight is 345 g/mol. The topological polar surface area (TPSA) is 71.8 Å². The Morgan fingerprint density at radius 2 is 2.04 bits per heavy atom. The number of alkyl halides is 3. The lowest BCUT2D eigenvalue weighted by Gasteiger charge is -2.11. The summed E-state index contributed by atoms with van der Waals surface area (Å²) in [7, 11) is 1.66. The molecule has 0 unspecified atom stereocenters. The fraction of sp³-hybridized carbons (Fsp3) is 0.357. The highest BCUT2D eigenvalue weighted by Gasteiger charge is 2.34. The molecule has 10 heteroatoms. The summed E-state index contributed by atoms with van der Waals surface area (Å²) in [4.78, 5) is 15.8. The maximum atomic E-state index is 13.8. The lowest BCUT2D eigenvalue weighted by molar-refractivity contribution is -0.140. The van der Waals surface area contributed by atoms with Crippen molar-refractivity contribution < 1.29 is 22.4 Å². The van der Waals surface area contributed by atoms with E-state index in [-0.39, 0.29) is 11.5 Å². The van der Waals surface area contributed by atoms with Crippen LogP contribution in [0.2, 0.25) is 0 Å². The molecule has 0 aliphatic carbocycles. The number of aryl methyl sites for hydroxylation is 2. The van der Waals surface area contributed by atoms with Gasteiger partial charge in [-0.1, -0.05) is 19.1 Å². The molecule has 2 rings (SSSR count). The first-order valence-corrected chi connectivity index (χ1v) is 7.01. The molecule has 1 aromatic heterocycles. The number of nitrogens with one attached hydrogen (secondary N) is 2. The van der Waals surface area contributed by atoms with E-state index >= 15 is 0 Å². The number of amides is 2. The number of carbonyl (C=O) groups is 1. The number of nitrogens with zero attached hydrogens (tertiary/aromatic N) is 3. The minimum atomic E-state index is -4.79. The van der Waals surface area contributed by atoms with Gasteiger partial charge in [0.2, 0.25) is 5.95 Å². The van der Waals surface area contributed by atoms with Crippen molar-refractivity contribution in [3.63, 3.8) is 0 Å². The van der Waals surface area contributed by atoms with E-state index in [1.807, 2.05) is 6.92 Å². The van der Waals surface area contributed by atoms with Crippen LogP contribution in [-0.2, 0) is 26.2 Å². The third-order valence-electron chi connectivity index (χ3n) is 3.22. The van der Waals surface area contributed by atoms with E-state index < -0.39 is 30.1 Å². The Bertz CT molecular complexity index is 741. The van der Waals surface area contributed by atoms with E-state index in [0.29, 0.717) is 18.3 Å². The largest absolute Gasteiger partial charge is 0.419 e. The van der Waals surface area contributed by atoms with Crippen LogP contribution in [0, 0.1) is 5.82 Å². The first-order chi connectivity index (χ1) is 11.2. The van der Waals surface area contributed by atoms with Crippen LogP contribution in [0.4, 0.5) is 28.3 Å². The smallest absolute Gasteiger partial charge is 0.334 e. The molecule has 0 atom stereocenters. The Balaban J connectivity index is 2.01. The summed E-state index contributed by atoms with van der Waals surface area (Å²) < 4.78 is 53.2. The lowest BCUT2D eigenvalue weighted by atomic mass is 10.1. The van der Waals surface area contributed by atoms with Gasteiger partial charge < -0.3 is 5.32 Å². The molecule has 2 aromatic rings. The van der Waals surface area contributed by atoms with Crippen molar-refractivity contribution in [1.82, 2.24) is 20.1 Å². The number of hydrogen-bond donors (Lipinski definition) is 2. The van der Waals surface area contributed by atoms with Gasteiger partial charge in [-0.3, -0.25) is 10.00 Å². The first kappa shape index (κ1) is 17.7. The van der Waals surface area contributed by atoms with Crippen molar-refractivity contribution in [2.24, 2.45) is 7.05 Å². The number of halogens is 4. The van der Waals surface area contributed by atoms with Gasteiger partial charge in [-0.15, -0.1) is 5.10 Å². The third kappa shape index (κ3) is 4.00. The Morgan fingerprint density at radius 3 is 2.62 bits per heavy atom. The molecule has 0 radical (unpaired) electrons. The SMILES string of the molecule is CCc1nc(NC(=O)NCc2cccc(C(F)(F)F)c2F)nn1C. The molecule has 1 heterocycles. The van der Waals surface area contributed by atoms with E-state index in [4.69, 9.17) is 0 Å². The lowest BCUT2D eigenvalue weighted by Crippen LogP contribution is -2.29. The molecule has 24 heavy (non-hydrogen) atoms. The van der Waals surface area contributed by atoms with Crippen molar-refractivity contribution in [1.29, 1.82) is 0 Å². The van der Waals surface area contributed by atoms with Gasteiger partial charge >= 0.3 is 12.2 Å². The second kappa shape index (κ2) is 6.85. The average Bonchev–Trinajstić information content (AvgIpc) is 2.84. The van der Waals surface area contributed by atoms with Crippen molar-refractivity contribution in [3.8, 4) is 0 Å². The van der Waals surface area contributed by atoms with Gasteiger partial charge in [0.1, 0.15) is 11.6 Å². The summed E-state index contributed by atoms with van der Waals surface area (Å²) >= 11 is 0. The summed E-state index contributed by atoms with van der Waals surface area (Å²) in [6, 6.07) is 2.14. The molecule has 0 fully saturated rings. The molecular formula is C14H15F4N5O. The second-order valence-electron chi connectivity index (χ2n) is 4.91. The number of hydrogen-bond acceptors (Lipinski definition) is 3. The van der Waals surface area contributed by atoms with Crippen molar-refractivity contribution in [2.45, 2.75) is 26.1 Å². The van der Waals surface area contributed by atoms with Crippen molar-refractivity contribution in [2.75, 3.05) is 5.32 Å². The van der Waals surface area contributed by atoms with Crippen LogP contribution < -0.4 is 10.6 Å². The van der Waals surface area contributed by atoms with Crippen LogP contribution in [0.5, 0.6) is 0 Å². The molecule has 2 amide bonds. The number of benzene rings is 1. The molecule has 1 aromatic carbocycles. The zero-order valence-electron chi connectivity index (χ0n) is 12.9. The van der Waals surface area contributed by atoms with Crippen LogP contribution in [0.3, 0.4) is 0 Å². The van der Waals surface area contributed by atoms with E-state index in [1.165, 1.54) is 10.7 Å². The number of carbonyl (C=O) groups excluding carboxylic acids is 1.